The van der Waals surface area contributed by atoms with E-state index in [2.05, 4.69) is 191 Å². The summed E-state index contributed by atoms with van der Waals surface area (Å²) in [5.74, 6) is 0. The van der Waals surface area contributed by atoms with Crippen molar-refractivity contribution >= 4 is 43.5 Å². The summed E-state index contributed by atoms with van der Waals surface area (Å²) in [4.78, 5) is 0. The van der Waals surface area contributed by atoms with Crippen molar-refractivity contribution in [2.45, 2.75) is 25.7 Å². The summed E-state index contributed by atoms with van der Waals surface area (Å²) in [6, 6.07) is 67.2. The van der Waals surface area contributed by atoms with Gasteiger partial charge in [0.05, 0.1) is 22.2 Å². The van der Waals surface area contributed by atoms with E-state index in [0.29, 0.717) is 0 Å². The molecule has 10 aromatic rings. The molecule has 0 fully saturated rings. The van der Waals surface area contributed by atoms with Crippen molar-refractivity contribution in [1.29, 1.82) is 0 Å². The van der Waals surface area contributed by atoms with Crippen LogP contribution in [0.1, 0.15) is 24.1 Å². The standard InChI is InChI=1S/C52H38N2/c1-3-14-35(15-4-1)40-30-41(36-16-5-2-6-17-36)32-42(31-40)53-49-23-11-9-21-44(49)46-33-38(26-28-51(46)53)39-27-29-52-47(34-39)45-22-10-12-24-50(45)54(52)48-25-13-19-37-18-7-8-20-43(37)48/h1-9,11,13-21,23,25-34H,10,12,22,24H2. The predicted molar refractivity (Wildman–Crippen MR) is 228 cm³/mol. The monoisotopic (exact) mass is 690 g/mol. The average Bonchev–Trinajstić information content (AvgIpc) is 3.76. The average molecular weight is 691 g/mol. The molecule has 8 aromatic carbocycles. The van der Waals surface area contributed by atoms with Crippen LogP contribution in [0.5, 0.6) is 0 Å². The molecule has 256 valence electrons. The first-order valence-electron chi connectivity index (χ1n) is 19.2. The zero-order valence-corrected chi connectivity index (χ0v) is 30.0. The first-order valence-corrected chi connectivity index (χ1v) is 19.2. The second-order valence-corrected chi connectivity index (χ2v) is 14.8. The van der Waals surface area contributed by atoms with Crippen molar-refractivity contribution in [3.05, 3.63) is 193 Å². The summed E-state index contributed by atoms with van der Waals surface area (Å²) < 4.78 is 5.03. The van der Waals surface area contributed by atoms with E-state index in [4.69, 9.17) is 0 Å². The van der Waals surface area contributed by atoms with Gasteiger partial charge in [-0.1, -0.05) is 127 Å². The highest BCUT2D eigenvalue weighted by molar-refractivity contribution is 6.11. The zero-order chi connectivity index (χ0) is 35.6. The van der Waals surface area contributed by atoms with Crippen LogP contribution in [0.2, 0.25) is 0 Å². The summed E-state index contributed by atoms with van der Waals surface area (Å²) in [5.41, 5.74) is 16.6. The number of nitrogens with zero attached hydrogens (tertiary/aromatic N) is 2. The molecule has 11 rings (SSSR count). The molecule has 0 N–H and O–H groups in total. The Morgan fingerprint density at radius 3 is 1.65 bits per heavy atom. The van der Waals surface area contributed by atoms with Crippen LogP contribution >= 0.6 is 0 Å². The summed E-state index contributed by atoms with van der Waals surface area (Å²) in [6.45, 7) is 0. The lowest BCUT2D eigenvalue weighted by Gasteiger charge is -2.17. The predicted octanol–water partition coefficient (Wildman–Crippen LogP) is 13.8. The number of fused-ring (bicyclic) bond motifs is 7. The Bertz CT molecular complexity index is 2970. The van der Waals surface area contributed by atoms with E-state index < -0.39 is 0 Å². The van der Waals surface area contributed by atoms with Gasteiger partial charge in [-0.15, -0.1) is 0 Å². The minimum atomic E-state index is 1.12. The van der Waals surface area contributed by atoms with Crippen molar-refractivity contribution < 1.29 is 0 Å². The summed E-state index contributed by atoms with van der Waals surface area (Å²) in [5, 5.41) is 6.52. The van der Waals surface area contributed by atoms with E-state index in [1.165, 1.54) is 107 Å². The molecule has 0 aliphatic heterocycles. The molecule has 2 heterocycles. The van der Waals surface area contributed by atoms with Crippen molar-refractivity contribution in [3.63, 3.8) is 0 Å². The van der Waals surface area contributed by atoms with Gasteiger partial charge in [-0.3, -0.25) is 0 Å². The van der Waals surface area contributed by atoms with Crippen molar-refractivity contribution in [3.8, 4) is 44.8 Å². The van der Waals surface area contributed by atoms with Gasteiger partial charge in [0.1, 0.15) is 0 Å². The Labute approximate surface area is 315 Å². The topological polar surface area (TPSA) is 9.86 Å². The Kier molecular flexibility index (Phi) is 7.16. The SMILES string of the molecule is c1ccc(-c2cc(-c3ccccc3)cc(-n3c4ccccc4c4cc(-c5ccc6c(c5)c5c(n6-c6cccc7ccccc67)CCCC5)ccc43)c2)cc1. The lowest BCUT2D eigenvalue weighted by atomic mass is 9.94. The van der Waals surface area contributed by atoms with Gasteiger partial charge in [0.15, 0.2) is 0 Å². The summed E-state index contributed by atoms with van der Waals surface area (Å²) in [7, 11) is 0. The van der Waals surface area contributed by atoms with Crippen molar-refractivity contribution in [2.24, 2.45) is 0 Å². The third kappa shape index (κ3) is 4.94. The molecule has 0 saturated carbocycles. The molecule has 0 amide bonds. The highest BCUT2D eigenvalue weighted by Crippen LogP contribution is 2.41. The van der Waals surface area contributed by atoms with Crippen LogP contribution < -0.4 is 0 Å². The van der Waals surface area contributed by atoms with Gasteiger partial charge < -0.3 is 9.13 Å². The van der Waals surface area contributed by atoms with Gasteiger partial charge in [0.2, 0.25) is 0 Å². The first kappa shape index (κ1) is 30.9. The molecule has 54 heavy (non-hydrogen) atoms. The summed E-state index contributed by atoms with van der Waals surface area (Å²) >= 11 is 0. The second-order valence-electron chi connectivity index (χ2n) is 14.8. The molecule has 2 aromatic heterocycles. The van der Waals surface area contributed by atoms with Gasteiger partial charge in [0, 0.05) is 32.9 Å². The quantitative estimate of drug-likeness (QED) is 0.170. The van der Waals surface area contributed by atoms with Crippen molar-refractivity contribution in [1.82, 2.24) is 9.13 Å². The van der Waals surface area contributed by atoms with Gasteiger partial charge in [-0.2, -0.15) is 0 Å². The normalized spacial score (nSPS) is 12.9. The van der Waals surface area contributed by atoms with E-state index in [1.807, 2.05) is 0 Å². The number of hydrogen-bond acceptors (Lipinski definition) is 0. The number of hydrogen-bond donors (Lipinski definition) is 0. The molecule has 1 aliphatic rings. The molecule has 0 atom stereocenters. The molecular weight excluding hydrogens is 653 g/mol. The molecule has 1 aliphatic carbocycles. The van der Waals surface area contributed by atoms with Crippen LogP contribution in [0, 0.1) is 0 Å². The van der Waals surface area contributed by atoms with Gasteiger partial charge in [-0.05, 0) is 125 Å². The summed E-state index contributed by atoms with van der Waals surface area (Å²) in [6.07, 6.45) is 4.73. The maximum absolute atomic E-state index is 2.57. The molecule has 0 radical (unpaired) electrons. The molecule has 0 bridgehead atoms. The molecule has 2 heteroatoms. The maximum atomic E-state index is 2.57. The molecular formula is C52H38N2. The molecule has 2 nitrogen and oxygen atoms in total. The Morgan fingerprint density at radius 2 is 0.907 bits per heavy atom. The molecule has 0 spiro atoms. The fraction of sp³-hybridized carbons (Fsp3) is 0.0769. The van der Waals surface area contributed by atoms with Crippen LogP contribution in [0.3, 0.4) is 0 Å². The number of rotatable bonds is 5. The minimum absolute atomic E-state index is 1.12. The van der Waals surface area contributed by atoms with Gasteiger partial charge in [-0.25, -0.2) is 0 Å². The largest absolute Gasteiger partial charge is 0.313 e. The van der Waals surface area contributed by atoms with E-state index >= 15 is 0 Å². The highest BCUT2D eigenvalue weighted by Gasteiger charge is 2.23. The third-order valence-electron chi connectivity index (χ3n) is 11.7. The fourth-order valence-corrected chi connectivity index (χ4v) is 9.17. The van der Waals surface area contributed by atoms with Crippen molar-refractivity contribution in [2.75, 3.05) is 0 Å². The third-order valence-corrected chi connectivity index (χ3v) is 11.7. The second kappa shape index (κ2) is 12.5. The molecule has 0 saturated heterocycles. The number of benzene rings is 8. The zero-order valence-electron chi connectivity index (χ0n) is 30.0. The van der Waals surface area contributed by atoms with E-state index in [1.54, 1.807) is 0 Å². The lowest BCUT2D eigenvalue weighted by Crippen LogP contribution is -2.07. The van der Waals surface area contributed by atoms with E-state index in [-0.39, 0.29) is 0 Å². The number of aromatic nitrogens is 2. The highest BCUT2D eigenvalue weighted by atomic mass is 15.0. The van der Waals surface area contributed by atoms with Crippen LogP contribution in [0.15, 0.2) is 182 Å². The van der Waals surface area contributed by atoms with Crippen LogP contribution in [-0.4, -0.2) is 9.13 Å². The van der Waals surface area contributed by atoms with Gasteiger partial charge in [0.25, 0.3) is 0 Å². The smallest absolute Gasteiger partial charge is 0.0541 e. The number of aryl methyl sites for hydroxylation is 1. The van der Waals surface area contributed by atoms with Gasteiger partial charge >= 0.3 is 0 Å². The Balaban J connectivity index is 1.09. The molecule has 0 unspecified atom stereocenters. The maximum Gasteiger partial charge on any atom is 0.0541 e. The lowest BCUT2D eigenvalue weighted by molar-refractivity contribution is 0.667. The van der Waals surface area contributed by atoms with Crippen LogP contribution in [0.25, 0.3) is 88.2 Å². The van der Waals surface area contributed by atoms with E-state index in [0.717, 1.165) is 18.5 Å². The fourth-order valence-electron chi connectivity index (χ4n) is 9.17. The van der Waals surface area contributed by atoms with E-state index in [9.17, 15) is 0 Å². The first-order chi connectivity index (χ1) is 26.8. The Hall–Kier alpha value is -6.64. The van der Waals surface area contributed by atoms with Crippen LogP contribution in [0.4, 0.5) is 0 Å². The minimum Gasteiger partial charge on any atom is -0.313 e. The number of para-hydroxylation sites is 1. The Morgan fingerprint density at radius 1 is 0.333 bits per heavy atom. The van der Waals surface area contributed by atoms with Crippen LogP contribution in [-0.2, 0) is 12.8 Å².